The van der Waals surface area contributed by atoms with Gasteiger partial charge in [-0.1, -0.05) is 11.6 Å². The lowest BCUT2D eigenvalue weighted by molar-refractivity contribution is 0.0999. The molecule has 14 heavy (non-hydrogen) atoms. The van der Waals surface area contributed by atoms with E-state index in [0.717, 1.165) is 12.8 Å². The monoisotopic (exact) mass is 212 g/mol. The van der Waals surface area contributed by atoms with Crippen LogP contribution in [-0.2, 0) is 0 Å². The van der Waals surface area contributed by atoms with Crippen molar-refractivity contribution in [2.45, 2.75) is 18.9 Å². The predicted octanol–water partition coefficient (Wildman–Crippen LogP) is 1.38. The predicted molar refractivity (Wildman–Crippen MR) is 51.4 cm³/mol. The number of pyridine rings is 1. The molecule has 4 nitrogen and oxygen atoms in total. The summed E-state index contributed by atoms with van der Waals surface area (Å²) in [7, 11) is 0. The van der Waals surface area contributed by atoms with Crippen molar-refractivity contribution in [2.24, 2.45) is 5.73 Å². The number of ether oxygens (including phenoxy) is 1. The minimum Gasteiger partial charge on any atom is -0.487 e. The van der Waals surface area contributed by atoms with Gasteiger partial charge in [0.2, 0.25) is 5.91 Å². The molecule has 0 aliphatic heterocycles. The first-order valence-electron chi connectivity index (χ1n) is 4.29. The number of nitrogens with zero attached hydrogens (tertiary/aromatic N) is 1. The van der Waals surface area contributed by atoms with Crippen molar-refractivity contribution < 1.29 is 9.53 Å². The average Bonchev–Trinajstić information content (AvgIpc) is 2.92. The van der Waals surface area contributed by atoms with Crippen molar-refractivity contribution in [1.82, 2.24) is 4.98 Å². The van der Waals surface area contributed by atoms with Crippen LogP contribution in [0.2, 0.25) is 5.15 Å². The SMILES string of the molecule is NC(=O)c1cnc(Cl)c(OC2CC2)c1. The summed E-state index contributed by atoms with van der Waals surface area (Å²) < 4.78 is 5.44. The molecule has 1 aliphatic rings. The molecule has 1 saturated carbocycles. The second-order valence-electron chi connectivity index (χ2n) is 3.19. The van der Waals surface area contributed by atoms with Gasteiger partial charge in [0.25, 0.3) is 0 Å². The van der Waals surface area contributed by atoms with Crippen LogP contribution in [0, 0.1) is 0 Å². The summed E-state index contributed by atoms with van der Waals surface area (Å²) in [6.07, 6.45) is 3.61. The number of nitrogens with two attached hydrogens (primary N) is 1. The Labute approximate surface area is 86.0 Å². The summed E-state index contributed by atoms with van der Waals surface area (Å²) in [6, 6.07) is 1.52. The maximum atomic E-state index is 10.8. The zero-order chi connectivity index (χ0) is 10.1. The Kier molecular flexibility index (Phi) is 2.29. The standard InChI is InChI=1S/C9H9ClN2O2/c10-8-7(14-6-1-2-6)3-5(4-12-8)9(11)13/h3-4,6H,1-2H2,(H2,11,13). The molecule has 1 aromatic heterocycles. The zero-order valence-corrected chi connectivity index (χ0v) is 8.12. The Morgan fingerprint density at radius 1 is 1.64 bits per heavy atom. The molecule has 1 heterocycles. The molecule has 1 aliphatic carbocycles. The van der Waals surface area contributed by atoms with Crippen molar-refractivity contribution >= 4 is 17.5 Å². The minimum absolute atomic E-state index is 0.220. The average molecular weight is 213 g/mol. The first-order valence-corrected chi connectivity index (χ1v) is 4.66. The third-order valence-corrected chi connectivity index (χ3v) is 2.19. The summed E-state index contributed by atoms with van der Waals surface area (Å²) in [5.41, 5.74) is 5.41. The van der Waals surface area contributed by atoms with Gasteiger partial charge in [-0.05, 0) is 18.9 Å². The Morgan fingerprint density at radius 2 is 2.36 bits per heavy atom. The molecule has 1 fully saturated rings. The Hall–Kier alpha value is -1.29. The molecule has 0 saturated heterocycles. The molecule has 0 aromatic carbocycles. The largest absolute Gasteiger partial charge is 0.487 e. The quantitative estimate of drug-likeness (QED) is 0.770. The van der Waals surface area contributed by atoms with E-state index in [1.54, 1.807) is 0 Å². The van der Waals surface area contributed by atoms with E-state index in [9.17, 15) is 4.79 Å². The van der Waals surface area contributed by atoms with Crippen molar-refractivity contribution in [2.75, 3.05) is 0 Å². The molecule has 0 bridgehead atoms. The number of hydrogen-bond donors (Lipinski definition) is 1. The third-order valence-electron chi connectivity index (χ3n) is 1.91. The van der Waals surface area contributed by atoms with Gasteiger partial charge in [-0.2, -0.15) is 0 Å². The molecule has 0 unspecified atom stereocenters. The van der Waals surface area contributed by atoms with Gasteiger partial charge in [0.15, 0.2) is 10.9 Å². The van der Waals surface area contributed by atoms with Crippen LogP contribution >= 0.6 is 11.6 Å². The van der Waals surface area contributed by atoms with Crippen molar-refractivity contribution in [3.05, 3.63) is 23.0 Å². The number of amides is 1. The maximum Gasteiger partial charge on any atom is 0.250 e. The number of carbonyl (C=O) groups is 1. The van der Waals surface area contributed by atoms with E-state index in [0.29, 0.717) is 11.3 Å². The van der Waals surface area contributed by atoms with Crippen LogP contribution in [-0.4, -0.2) is 17.0 Å². The number of aromatic nitrogens is 1. The van der Waals surface area contributed by atoms with E-state index in [-0.39, 0.29) is 11.3 Å². The highest BCUT2D eigenvalue weighted by Crippen LogP contribution is 2.30. The van der Waals surface area contributed by atoms with Gasteiger partial charge in [0.1, 0.15) is 0 Å². The normalized spacial score (nSPS) is 15.2. The lowest BCUT2D eigenvalue weighted by atomic mass is 10.3. The lowest BCUT2D eigenvalue weighted by Gasteiger charge is -2.06. The molecular weight excluding hydrogens is 204 g/mol. The van der Waals surface area contributed by atoms with Gasteiger partial charge in [-0.3, -0.25) is 4.79 Å². The van der Waals surface area contributed by atoms with Crippen LogP contribution in [0.1, 0.15) is 23.2 Å². The van der Waals surface area contributed by atoms with Crippen molar-refractivity contribution in [3.63, 3.8) is 0 Å². The fourth-order valence-electron chi connectivity index (χ4n) is 1.01. The smallest absolute Gasteiger partial charge is 0.250 e. The lowest BCUT2D eigenvalue weighted by Crippen LogP contribution is -2.11. The Morgan fingerprint density at radius 3 is 2.93 bits per heavy atom. The van der Waals surface area contributed by atoms with Gasteiger partial charge in [0, 0.05) is 6.20 Å². The van der Waals surface area contributed by atoms with Crippen LogP contribution in [0.3, 0.4) is 0 Å². The van der Waals surface area contributed by atoms with Crippen LogP contribution in [0.5, 0.6) is 5.75 Å². The second kappa shape index (κ2) is 3.46. The second-order valence-corrected chi connectivity index (χ2v) is 3.55. The first-order chi connectivity index (χ1) is 6.66. The molecule has 74 valence electrons. The first kappa shape index (κ1) is 9.27. The van der Waals surface area contributed by atoms with Crippen LogP contribution in [0.15, 0.2) is 12.3 Å². The molecule has 0 atom stereocenters. The maximum absolute atomic E-state index is 10.8. The van der Waals surface area contributed by atoms with Gasteiger partial charge < -0.3 is 10.5 Å². The molecular formula is C9H9ClN2O2. The topological polar surface area (TPSA) is 65.2 Å². The van der Waals surface area contributed by atoms with E-state index in [2.05, 4.69) is 4.98 Å². The van der Waals surface area contributed by atoms with Crippen LogP contribution in [0.25, 0.3) is 0 Å². The Balaban J connectivity index is 2.26. The zero-order valence-electron chi connectivity index (χ0n) is 7.37. The van der Waals surface area contributed by atoms with Crippen LogP contribution < -0.4 is 10.5 Å². The summed E-state index contributed by atoms with van der Waals surface area (Å²) in [5.74, 6) is -0.0970. The van der Waals surface area contributed by atoms with Crippen molar-refractivity contribution in [3.8, 4) is 5.75 Å². The summed E-state index contributed by atoms with van der Waals surface area (Å²) in [4.78, 5) is 14.7. The van der Waals surface area contributed by atoms with E-state index in [4.69, 9.17) is 22.1 Å². The highest BCUT2D eigenvalue weighted by atomic mass is 35.5. The van der Waals surface area contributed by atoms with Crippen molar-refractivity contribution in [1.29, 1.82) is 0 Å². The molecule has 0 spiro atoms. The molecule has 1 aromatic rings. The van der Waals surface area contributed by atoms with E-state index in [1.165, 1.54) is 12.3 Å². The van der Waals surface area contributed by atoms with E-state index in [1.807, 2.05) is 0 Å². The third kappa shape index (κ3) is 1.96. The number of halogens is 1. The van der Waals surface area contributed by atoms with E-state index >= 15 is 0 Å². The summed E-state index contributed by atoms with van der Waals surface area (Å²) in [6.45, 7) is 0. The molecule has 1 amide bonds. The number of carbonyl (C=O) groups excluding carboxylic acids is 1. The molecule has 0 radical (unpaired) electrons. The highest BCUT2D eigenvalue weighted by molar-refractivity contribution is 6.30. The highest BCUT2D eigenvalue weighted by Gasteiger charge is 2.25. The molecule has 2 N–H and O–H groups in total. The number of primary amides is 1. The fourth-order valence-corrected chi connectivity index (χ4v) is 1.16. The van der Waals surface area contributed by atoms with Gasteiger partial charge in [-0.15, -0.1) is 0 Å². The van der Waals surface area contributed by atoms with Gasteiger partial charge in [0.05, 0.1) is 11.7 Å². The number of hydrogen-bond acceptors (Lipinski definition) is 3. The summed E-state index contributed by atoms with van der Waals surface area (Å²) >= 11 is 5.78. The minimum atomic E-state index is -0.533. The molecule has 2 rings (SSSR count). The fraction of sp³-hybridized carbons (Fsp3) is 0.333. The van der Waals surface area contributed by atoms with Crippen LogP contribution in [0.4, 0.5) is 0 Å². The van der Waals surface area contributed by atoms with Gasteiger partial charge >= 0.3 is 0 Å². The summed E-state index contributed by atoms with van der Waals surface area (Å²) in [5, 5.41) is 0.266. The van der Waals surface area contributed by atoms with E-state index < -0.39 is 5.91 Å². The number of rotatable bonds is 3. The van der Waals surface area contributed by atoms with Gasteiger partial charge in [-0.25, -0.2) is 4.98 Å². The molecule has 5 heteroatoms. The Bertz CT molecular complexity index is 377.